The summed E-state index contributed by atoms with van der Waals surface area (Å²) in [5.41, 5.74) is 4.39. The van der Waals surface area contributed by atoms with E-state index in [1.54, 1.807) is 0 Å². The predicted octanol–water partition coefficient (Wildman–Crippen LogP) is 2.91. The Morgan fingerprint density at radius 3 is 2.09 bits per heavy atom. The molecule has 3 rings (SSSR count). The third kappa shape index (κ3) is 5.26. The Balaban J connectivity index is 1.64. The van der Waals surface area contributed by atoms with Crippen molar-refractivity contribution in [3.63, 3.8) is 0 Å². The van der Waals surface area contributed by atoms with Crippen LogP contribution in [0.4, 0.5) is 4.79 Å². The highest BCUT2D eigenvalue weighted by Gasteiger charge is 2.30. The van der Waals surface area contributed by atoms with Crippen molar-refractivity contribution in [2.24, 2.45) is 0 Å². The molecule has 0 fully saturated rings. The Labute approximate surface area is 186 Å². The van der Waals surface area contributed by atoms with Crippen LogP contribution in [0, 0.1) is 0 Å². The number of carboxylic acid groups (broad SMARTS) is 1. The number of hydrogen-bond acceptors (Lipinski definition) is 5. The summed E-state index contributed by atoms with van der Waals surface area (Å²) in [6.07, 6.45) is 0.101. The van der Waals surface area contributed by atoms with Gasteiger partial charge in [0.2, 0.25) is 5.91 Å². The van der Waals surface area contributed by atoms with Crippen molar-refractivity contribution in [2.75, 3.05) is 20.3 Å². The molecule has 3 N–H and O–H groups in total. The number of alkyl carbamates (subject to hydrolysis) is 1. The number of rotatable bonds is 10. The van der Waals surface area contributed by atoms with Crippen LogP contribution in [0.2, 0.25) is 0 Å². The summed E-state index contributed by atoms with van der Waals surface area (Å²) in [6.45, 7) is 1.81. The number of benzene rings is 2. The van der Waals surface area contributed by atoms with Crippen molar-refractivity contribution in [1.29, 1.82) is 0 Å². The summed E-state index contributed by atoms with van der Waals surface area (Å²) >= 11 is 0. The third-order valence-electron chi connectivity index (χ3n) is 5.48. The van der Waals surface area contributed by atoms with Crippen LogP contribution < -0.4 is 10.6 Å². The molecule has 0 bridgehead atoms. The van der Waals surface area contributed by atoms with E-state index in [-0.39, 0.29) is 25.6 Å². The predicted molar refractivity (Wildman–Crippen MR) is 118 cm³/mol. The Hall–Kier alpha value is -3.39. The van der Waals surface area contributed by atoms with Gasteiger partial charge in [-0.05, 0) is 28.7 Å². The molecule has 2 amide bonds. The fourth-order valence-corrected chi connectivity index (χ4v) is 3.95. The zero-order valence-corrected chi connectivity index (χ0v) is 18.2. The van der Waals surface area contributed by atoms with Crippen LogP contribution in [0.1, 0.15) is 36.8 Å². The van der Waals surface area contributed by atoms with Crippen LogP contribution in [-0.4, -0.2) is 55.5 Å². The van der Waals surface area contributed by atoms with E-state index in [9.17, 15) is 19.5 Å². The molecular formula is C24H28N2O6. The lowest BCUT2D eigenvalue weighted by Gasteiger charge is -2.21. The van der Waals surface area contributed by atoms with Gasteiger partial charge in [0, 0.05) is 13.0 Å². The molecule has 0 aliphatic heterocycles. The van der Waals surface area contributed by atoms with Gasteiger partial charge in [-0.25, -0.2) is 9.59 Å². The first-order valence-electron chi connectivity index (χ1n) is 10.6. The number of carboxylic acids is 1. The molecular weight excluding hydrogens is 412 g/mol. The number of carbonyl (C=O) groups excluding carboxylic acids is 2. The molecule has 8 heteroatoms. The maximum atomic E-state index is 12.5. The summed E-state index contributed by atoms with van der Waals surface area (Å²) < 4.78 is 10.5. The first kappa shape index (κ1) is 23.3. The summed E-state index contributed by atoms with van der Waals surface area (Å²) in [4.78, 5) is 36.3. The minimum Gasteiger partial charge on any atom is -0.480 e. The van der Waals surface area contributed by atoms with Crippen LogP contribution >= 0.6 is 0 Å². The van der Waals surface area contributed by atoms with Crippen molar-refractivity contribution in [3.05, 3.63) is 59.7 Å². The second-order valence-electron chi connectivity index (χ2n) is 7.67. The van der Waals surface area contributed by atoms with Gasteiger partial charge in [-0.3, -0.25) is 4.79 Å². The highest BCUT2D eigenvalue weighted by molar-refractivity contribution is 5.89. The molecule has 1 aliphatic rings. The number of amides is 2. The molecule has 32 heavy (non-hydrogen) atoms. The molecule has 0 radical (unpaired) electrons. The molecule has 0 saturated heterocycles. The van der Waals surface area contributed by atoms with Crippen LogP contribution in [0.25, 0.3) is 11.1 Å². The molecule has 0 heterocycles. The fourth-order valence-electron chi connectivity index (χ4n) is 3.95. The monoisotopic (exact) mass is 440 g/mol. The largest absolute Gasteiger partial charge is 0.480 e. The van der Waals surface area contributed by atoms with Crippen molar-refractivity contribution >= 4 is 18.0 Å². The molecule has 2 aromatic carbocycles. The van der Waals surface area contributed by atoms with Gasteiger partial charge < -0.3 is 25.2 Å². The lowest BCUT2D eigenvalue weighted by Crippen LogP contribution is -2.53. The van der Waals surface area contributed by atoms with E-state index in [0.29, 0.717) is 6.42 Å². The summed E-state index contributed by atoms with van der Waals surface area (Å²) in [5.74, 6) is -1.87. The maximum absolute atomic E-state index is 12.5. The number of ether oxygens (including phenoxy) is 2. The van der Waals surface area contributed by atoms with Gasteiger partial charge in [-0.2, -0.15) is 0 Å². The topological polar surface area (TPSA) is 114 Å². The zero-order valence-electron chi connectivity index (χ0n) is 18.2. The third-order valence-corrected chi connectivity index (χ3v) is 5.48. The zero-order chi connectivity index (χ0) is 23.1. The number of hydrogen-bond donors (Lipinski definition) is 3. The quantitative estimate of drug-likeness (QED) is 0.524. The number of methoxy groups -OCH3 is 1. The molecule has 1 unspecified atom stereocenters. The Kier molecular flexibility index (Phi) is 7.83. The van der Waals surface area contributed by atoms with E-state index in [2.05, 4.69) is 10.6 Å². The number of fused-ring (bicyclic) bond motifs is 3. The maximum Gasteiger partial charge on any atom is 0.407 e. The summed E-state index contributed by atoms with van der Waals surface area (Å²) in [7, 11) is 1.39. The molecule has 8 nitrogen and oxygen atoms in total. The van der Waals surface area contributed by atoms with Gasteiger partial charge in [0.05, 0.1) is 6.61 Å². The lowest BCUT2D eigenvalue weighted by atomic mass is 9.98. The van der Waals surface area contributed by atoms with E-state index >= 15 is 0 Å². The number of nitrogens with one attached hydrogen (secondary N) is 2. The van der Waals surface area contributed by atoms with E-state index < -0.39 is 30.1 Å². The molecule has 170 valence electrons. The second kappa shape index (κ2) is 10.8. The molecule has 1 aliphatic carbocycles. The fraction of sp³-hybridized carbons (Fsp3) is 0.375. The van der Waals surface area contributed by atoms with Crippen LogP contribution in [-0.2, 0) is 19.1 Å². The lowest BCUT2D eigenvalue weighted by molar-refractivity contribution is -0.142. The standard InChI is InChI=1S/C24H28N2O6/c1-3-8-20(23(28)29)25-22(27)21(14-31-2)26-24(30)32-13-19-17-11-6-4-9-15(17)16-10-5-7-12-18(16)19/h4-7,9-12,19-21H,3,8,13-14H2,1-2H3,(H,25,27)(H,26,30)(H,28,29)/t20?,21-/m0/s1. The SMILES string of the molecule is CCCC(NC(=O)[C@H](COC)NC(=O)OCC1c2ccccc2-c2ccccc21)C(=O)O. The van der Waals surface area contributed by atoms with E-state index in [4.69, 9.17) is 9.47 Å². The normalized spacial score (nSPS) is 14.1. The highest BCUT2D eigenvalue weighted by atomic mass is 16.5. The first-order valence-corrected chi connectivity index (χ1v) is 10.6. The smallest absolute Gasteiger partial charge is 0.407 e. The number of aliphatic carboxylic acids is 1. The van der Waals surface area contributed by atoms with Crippen LogP contribution in [0.3, 0.4) is 0 Å². The number of carbonyl (C=O) groups is 3. The second-order valence-corrected chi connectivity index (χ2v) is 7.67. The van der Waals surface area contributed by atoms with Crippen molar-refractivity contribution in [3.8, 4) is 11.1 Å². The van der Waals surface area contributed by atoms with Gasteiger partial charge in [0.1, 0.15) is 18.7 Å². The Morgan fingerprint density at radius 1 is 0.969 bits per heavy atom. The average molecular weight is 440 g/mol. The minimum atomic E-state index is -1.13. The van der Waals surface area contributed by atoms with Gasteiger partial charge in [0.15, 0.2) is 0 Å². The van der Waals surface area contributed by atoms with Crippen molar-refractivity contribution in [1.82, 2.24) is 10.6 Å². The van der Waals surface area contributed by atoms with Crippen LogP contribution in [0.15, 0.2) is 48.5 Å². The van der Waals surface area contributed by atoms with E-state index in [1.807, 2.05) is 55.5 Å². The molecule has 0 spiro atoms. The summed E-state index contributed by atoms with van der Waals surface area (Å²) in [5, 5.41) is 14.2. The van der Waals surface area contributed by atoms with Crippen LogP contribution in [0.5, 0.6) is 0 Å². The van der Waals surface area contributed by atoms with E-state index in [1.165, 1.54) is 7.11 Å². The minimum absolute atomic E-state index is 0.106. The van der Waals surface area contributed by atoms with E-state index in [0.717, 1.165) is 22.3 Å². The van der Waals surface area contributed by atoms with Gasteiger partial charge in [0.25, 0.3) is 0 Å². The summed E-state index contributed by atoms with van der Waals surface area (Å²) in [6, 6.07) is 13.9. The highest BCUT2D eigenvalue weighted by Crippen LogP contribution is 2.44. The average Bonchev–Trinajstić information content (AvgIpc) is 3.10. The first-order chi connectivity index (χ1) is 15.5. The van der Waals surface area contributed by atoms with Crippen molar-refractivity contribution in [2.45, 2.75) is 37.8 Å². The Morgan fingerprint density at radius 2 is 1.56 bits per heavy atom. The Bertz CT molecular complexity index is 931. The van der Waals surface area contributed by atoms with Gasteiger partial charge in [-0.1, -0.05) is 61.9 Å². The molecule has 2 atom stereocenters. The van der Waals surface area contributed by atoms with Gasteiger partial charge >= 0.3 is 12.1 Å². The molecule has 0 saturated carbocycles. The van der Waals surface area contributed by atoms with Gasteiger partial charge in [-0.15, -0.1) is 0 Å². The van der Waals surface area contributed by atoms with Crippen molar-refractivity contribution < 1.29 is 29.0 Å². The molecule has 0 aromatic heterocycles. The molecule has 2 aromatic rings.